The molecule has 4 heteroatoms. The summed E-state index contributed by atoms with van der Waals surface area (Å²) in [5, 5.41) is 12.9. The number of hydrogen-bond acceptors (Lipinski definition) is 4. The van der Waals surface area contributed by atoms with Gasteiger partial charge >= 0.3 is 0 Å². The number of nitrogens with zero attached hydrogens (tertiary/aromatic N) is 3. The average Bonchev–Trinajstić information content (AvgIpc) is 3.21. The minimum absolute atomic E-state index is 0.337. The van der Waals surface area contributed by atoms with Crippen molar-refractivity contribution in [2.75, 3.05) is 32.7 Å². The van der Waals surface area contributed by atoms with E-state index in [9.17, 15) is 5.26 Å². The van der Waals surface area contributed by atoms with E-state index in [0.29, 0.717) is 12.1 Å². The molecule has 0 aromatic heterocycles. The summed E-state index contributed by atoms with van der Waals surface area (Å²) in [5.74, 6) is 0. The number of piperazine rings is 1. The molecule has 19 heavy (non-hydrogen) atoms. The summed E-state index contributed by atoms with van der Waals surface area (Å²) in [5.41, 5.74) is -0.337. The van der Waals surface area contributed by atoms with Crippen molar-refractivity contribution in [1.29, 1.82) is 5.26 Å². The second-order valence-corrected chi connectivity index (χ2v) is 6.58. The molecule has 0 radical (unpaired) electrons. The third-order valence-corrected chi connectivity index (χ3v) is 4.41. The van der Waals surface area contributed by atoms with Crippen LogP contribution in [0.3, 0.4) is 0 Å². The molecule has 1 unspecified atom stereocenters. The Morgan fingerprint density at radius 2 is 1.89 bits per heavy atom. The lowest BCUT2D eigenvalue weighted by molar-refractivity contribution is 0.103. The van der Waals surface area contributed by atoms with Crippen LogP contribution in [0.5, 0.6) is 0 Å². The Kier molecular flexibility index (Phi) is 4.83. The van der Waals surface area contributed by atoms with E-state index < -0.39 is 0 Å². The van der Waals surface area contributed by atoms with Crippen LogP contribution < -0.4 is 5.32 Å². The monoisotopic (exact) mass is 264 g/mol. The fraction of sp³-hybridized carbons (Fsp3) is 0.933. The summed E-state index contributed by atoms with van der Waals surface area (Å²) in [6.45, 7) is 12.2. The summed E-state index contributed by atoms with van der Waals surface area (Å²) in [6.07, 6.45) is 3.41. The van der Waals surface area contributed by atoms with E-state index in [1.165, 1.54) is 12.8 Å². The number of hydrogen-bond donors (Lipinski definition) is 1. The Bertz CT molecular complexity index is 324. The van der Waals surface area contributed by atoms with E-state index >= 15 is 0 Å². The quantitative estimate of drug-likeness (QED) is 0.788. The Hall–Kier alpha value is -0.630. The predicted molar refractivity (Wildman–Crippen MR) is 77.9 cm³/mol. The minimum Gasteiger partial charge on any atom is -0.301 e. The Morgan fingerprint density at radius 3 is 2.37 bits per heavy atom. The van der Waals surface area contributed by atoms with Gasteiger partial charge in [-0.25, -0.2) is 0 Å². The molecule has 0 aromatic rings. The fourth-order valence-corrected chi connectivity index (χ4v) is 2.72. The molecule has 1 N–H and O–H groups in total. The second-order valence-electron chi connectivity index (χ2n) is 6.58. The molecule has 0 amide bonds. The van der Waals surface area contributed by atoms with E-state index in [1.54, 1.807) is 0 Å². The first-order valence-corrected chi connectivity index (χ1v) is 7.68. The van der Waals surface area contributed by atoms with Crippen LogP contribution >= 0.6 is 0 Å². The van der Waals surface area contributed by atoms with Crippen LogP contribution in [0, 0.1) is 11.3 Å². The molecule has 0 bridgehead atoms. The van der Waals surface area contributed by atoms with E-state index in [0.717, 1.165) is 39.1 Å². The van der Waals surface area contributed by atoms with Crippen LogP contribution in [-0.2, 0) is 0 Å². The molecule has 4 nitrogen and oxygen atoms in total. The maximum absolute atomic E-state index is 9.37. The molecule has 1 heterocycles. The van der Waals surface area contributed by atoms with Crippen LogP contribution in [0.2, 0.25) is 0 Å². The molecule has 0 aromatic carbocycles. The predicted octanol–water partition coefficient (Wildman–Crippen LogP) is 1.44. The molecule has 2 fully saturated rings. The van der Waals surface area contributed by atoms with Crippen LogP contribution in [0.4, 0.5) is 0 Å². The zero-order chi connectivity index (χ0) is 13.9. The highest BCUT2D eigenvalue weighted by Gasteiger charge is 2.32. The van der Waals surface area contributed by atoms with Crippen molar-refractivity contribution in [3.63, 3.8) is 0 Å². The number of rotatable bonds is 6. The highest BCUT2D eigenvalue weighted by atomic mass is 15.3. The van der Waals surface area contributed by atoms with Gasteiger partial charge in [-0.3, -0.25) is 10.2 Å². The van der Waals surface area contributed by atoms with Gasteiger partial charge in [-0.2, -0.15) is 5.26 Å². The fourth-order valence-electron chi connectivity index (χ4n) is 2.72. The van der Waals surface area contributed by atoms with Crippen molar-refractivity contribution < 1.29 is 0 Å². The Balaban J connectivity index is 1.71. The summed E-state index contributed by atoms with van der Waals surface area (Å²) >= 11 is 0. The lowest BCUT2D eigenvalue weighted by atomic mass is 9.99. The standard InChI is InChI=1S/C15H28N4/c1-13(2)19-10-8-18(9-11-19)7-6-15(3,12-16)17-14-4-5-14/h13-14,17H,4-11H2,1-3H3. The summed E-state index contributed by atoms with van der Waals surface area (Å²) < 4.78 is 0. The lowest BCUT2D eigenvalue weighted by Crippen LogP contribution is -2.51. The number of nitriles is 1. The van der Waals surface area contributed by atoms with Gasteiger partial charge in [0.15, 0.2) is 0 Å². The molecule has 1 atom stereocenters. The summed E-state index contributed by atoms with van der Waals surface area (Å²) in [7, 11) is 0. The van der Waals surface area contributed by atoms with Crippen LogP contribution in [-0.4, -0.2) is 60.1 Å². The molecular formula is C15H28N4. The zero-order valence-electron chi connectivity index (χ0n) is 12.7. The van der Waals surface area contributed by atoms with Gasteiger partial charge in [-0.15, -0.1) is 0 Å². The lowest BCUT2D eigenvalue weighted by Gasteiger charge is -2.38. The first-order chi connectivity index (χ1) is 9.02. The van der Waals surface area contributed by atoms with E-state index in [1.807, 2.05) is 0 Å². The smallest absolute Gasteiger partial charge is 0.105 e. The molecule has 1 saturated carbocycles. The first-order valence-electron chi connectivity index (χ1n) is 7.68. The van der Waals surface area contributed by atoms with Crippen molar-refractivity contribution in [2.24, 2.45) is 0 Å². The van der Waals surface area contributed by atoms with Gasteiger partial charge in [0.2, 0.25) is 0 Å². The van der Waals surface area contributed by atoms with E-state index in [-0.39, 0.29) is 5.54 Å². The summed E-state index contributed by atoms with van der Waals surface area (Å²) in [6, 6.07) is 3.72. The van der Waals surface area contributed by atoms with Gasteiger partial charge in [0, 0.05) is 44.8 Å². The van der Waals surface area contributed by atoms with Gasteiger partial charge in [0.1, 0.15) is 5.54 Å². The minimum atomic E-state index is -0.337. The van der Waals surface area contributed by atoms with Crippen LogP contribution in [0.25, 0.3) is 0 Å². The molecule has 2 rings (SSSR count). The molecule has 2 aliphatic rings. The van der Waals surface area contributed by atoms with Gasteiger partial charge in [0.05, 0.1) is 6.07 Å². The van der Waals surface area contributed by atoms with Crippen molar-refractivity contribution in [3.05, 3.63) is 0 Å². The van der Waals surface area contributed by atoms with Gasteiger partial charge in [-0.1, -0.05) is 0 Å². The molecule has 0 spiro atoms. The molecule has 1 saturated heterocycles. The largest absolute Gasteiger partial charge is 0.301 e. The third-order valence-electron chi connectivity index (χ3n) is 4.41. The molecule has 1 aliphatic heterocycles. The molecular weight excluding hydrogens is 236 g/mol. The maximum Gasteiger partial charge on any atom is 0.105 e. The molecule has 1 aliphatic carbocycles. The van der Waals surface area contributed by atoms with Crippen LogP contribution in [0.1, 0.15) is 40.0 Å². The van der Waals surface area contributed by atoms with Crippen molar-refractivity contribution in [2.45, 2.75) is 57.7 Å². The van der Waals surface area contributed by atoms with E-state index in [4.69, 9.17) is 0 Å². The van der Waals surface area contributed by atoms with Crippen LogP contribution in [0.15, 0.2) is 0 Å². The molecule has 108 valence electrons. The average molecular weight is 264 g/mol. The highest BCUT2D eigenvalue weighted by Crippen LogP contribution is 2.24. The first kappa shape index (κ1) is 14.8. The van der Waals surface area contributed by atoms with E-state index in [2.05, 4.69) is 42.0 Å². The van der Waals surface area contributed by atoms with Gasteiger partial charge in [0.25, 0.3) is 0 Å². The zero-order valence-corrected chi connectivity index (χ0v) is 12.7. The number of nitrogens with one attached hydrogen (secondary N) is 1. The van der Waals surface area contributed by atoms with Gasteiger partial charge < -0.3 is 4.90 Å². The van der Waals surface area contributed by atoms with Crippen molar-refractivity contribution >= 4 is 0 Å². The SMILES string of the molecule is CC(C)N1CCN(CCC(C)(C#N)NC2CC2)CC1. The van der Waals surface area contributed by atoms with Gasteiger partial charge in [-0.05, 0) is 40.0 Å². The normalized spacial score (nSPS) is 25.2. The van der Waals surface area contributed by atoms with Crippen molar-refractivity contribution in [1.82, 2.24) is 15.1 Å². The third kappa shape index (κ3) is 4.45. The van der Waals surface area contributed by atoms with Crippen molar-refractivity contribution in [3.8, 4) is 6.07 Å². The summed E-state index contributed by atoms with van der Waals surface area (Å²) in [4.78, 5) is 5.03. The maximum atomic E-state index is 9.37. The second kappa shape index (κ2) is 6.21. The Morgan fingerprint density at radius 1 is 1.26 bits per heavy atom. The highest BCUT2D eigenvalue weighted by molar-refractivity contribution is 5.07. The topological polar surface area (TPSA) is 42.3 Å². The Labute approximate surface area is 117 Å².